The molecule has 0 bridgehead atoms. The first kappa shape index (κ1) is 12.9. The predicted molar refractivity (Wildman–Crippen MR) is 69.0 cm³/mol. The third kappa shape index (κ3) is 2.20. The molecule has 20 heavy (non-hydrogen) atoms. The number of aromatic nitrogens is 3. The van der Waals surface area contributed by atoms with Crippen molar-refractivity contribution in [2.24, 2.45) is 0 Å². The zero-order chi connectivity index (χ0) is 14.1. The molecule has 3 heterocycles. The van der Waals surface area contributed by atoms with Gasteiger partial charge in [0.1, 0.15) is 11.7 Å². The van der Waals surface area contributed by atoms with Crippen LogP contribution in [0, 0.1) is 6.92 Å². The van der Waals surface area contributed by atoms with E-state index in [1.165, 1.54) is 0 Å². The number of nitrogens with zero attached hydrogens (tertiary/aromatic N) is 3. The number of hydrogen-bond acceptors (Lipinski definition) is 5. The molecule has 0 spiro atoms. The van der Waals surface area contributed by atoms with Gasteiger partial charge < -0.3 is 19.1 Å². The molecule has 1 aliphatic heterocycles. The zero-order valence-corrected chi connectivity index (χ0v) is 11.4. The highest BCUT2D eigenvalue weighted by atomic mass is 16.5. The maximum Gasteiger partial charge on any atom is 0.271 e. The maximum absolute atomic E-state index is 12.5. The third-order valence-electron chi connectivity index (χ3n) is 3.38. The topological polar surface area (TPSA) is 84.3 Å². The fourth-order valence-corrected chi connectivity index (χ4v) is 2.43. The normalized spacial score (nSPS) is 23.0. The number of amides is 1. The van der Waals surface area contributed by atoms with E-state index in [1.807, 2.05) is 6.92 Å². The number of rotatable bonds is 2. The molecule has 2 aromatic heterocycles. The van der Waals surface area contributed by atoms with Crippen LogP contribution >= 0.6 is 0 Å². The first-order valence-corrected chi connectivity index (χ1v) is 6.53. The largest absolute Gasteiger partial charge is 0.374 e. The van der Waals surface area contributed by atoms with Gasteiger partial charge in [0.2, 0.25) is 0 Å². The number of ether oxygens (including phenoxy) is 1. The summed E-state index contributed by atoms with van der Waals surface area (Å²) >= 11 is 0. The average Bonchev–Trinajstić information content (AvgIpc) is 3.09. The monoisotopic (exact) mass is 276 g/mol. The van der Waals surface area contributed by atoms with E-state index in [4.69, 9.17) is 9.26 Å². The second-order valence-corrected chi connectivity index (χ2v) is 4.78. The van der Waals surface area contributed by atoms with Crippen LogP contribution in [0.5, 0.6) is 0 Å². The lowest BCUT2D eigenvalue weighted by molar-refractivity contribution is -0.0602. The van der Waals surface area contributed by atoms with Crippen molar-refractivity contribution >= 4 is 5.91 Å². The SMILES string of the molecule is Cc1noc([C@@H]2[C@@H](C)OCCN2C(=O)c2ccc[nH]2)n1. The number of morpholine rings is 1. The highest BCUT2D eigenvalue weighted by Gasteiger charge is 2.38. The quantitative estimate of drug-likeness (QED) is 0.894. The van der Waals surface area contributed by atoms with E-state index in [0.717, 1.165) is 0 Å². The van der Waals surface area contributed by atoms with E-state index in [9.17, 15) is 4.79 Å². The Hall–Kier alpha value is -2.15. The minimum atomic E-state index is -0.360. The molecule has 1 N–H and O–H groups in total. The predicted octanol–water partition coefficient (Wildman–Crippen LogP) is 1.31. The lowest BCUT2D eigenvalue weighted by Gasteiger charge is -2.37. The second-order valence-electron chi connectivity index (χ2n) is 4.78. The summed E-state index contributed by atoms with van der Waals surface area (Å²) in [6.07, 6.45) is 1.53. The molecular formula is C13H16N4O3. The molecule has 2 aromatic rings. The van der Waals surface area contributed by atoms with Crippen molar-refractivity contribution in [2.45, 2.75) is 26.0 Å². The van der Waals surface area contributed by atoms with Crippen LogP contribution in [-0.4, -0.2) is 45.2 Å². The van der Waals surface area contributed by atoms with Gasteiger partial charge in [-0.15, -0.1) is 0 Å². The molecule has 0 radical (unpaired) electrons. The molecule has 1 aliphatic rings. The molecule has 106 valence electrons. The molecule has 7 heteroatoms. The summed E-state index contributed by atoms with van der Waals surface area (Å²) in [4.78, 5) is 21.4. The molecule has 0 aliphatic carbocycles. The van der Waals surface area contributed by atoms with Gasteiger partial charge in [0, 0.05) is 12.7 Å². The van der Waals surface area contributed by atoms with Crippen LogP contribution in [-0.2, 0) is 4.74 Å². The molecule has 7 nitrogen and oxygen atoms in total. The van der Waals surface area contributed by atoms with Crippen LogP contribution < -0.4 is 0 Å². The van der Waals surface area contributed by atoms with Crippen LogP contribution in [0.25, 0.3) is 0 Å². The zero-order valence-electron chi connectivity index (χ0n) is 11.4. The Balaban J connectivity index is 1.92. The van der Waals surface area contributed by atoms with Gasteiger partial charge in [-0.05, 0) is 26.0 Å². The van der Waals surface area contributed by atoms with Crippen molar-refractivity contribution in [3.05, 3.63) is 35.7 Å². The van der Waals surface area contributed by atoms with Crippen LogP contribution in [0.15, 0.2) is 22.9 Å². The lowest BCUT2D eigenvalue weighted by atomic mass is 10.1. The van der Waals surface area contributed by atoms with E-state index in [2.05, 4.69) is 15.1 Å². The van der Waals surface area contributed by atoms with Gasteiger partial charge in [0.05, 0.1) is 12.7 Å². The fraction of sp³-hybridized carbons (Fsp3) is 0.462. The van der Waals surface area contributed by atoms with Crippen molar-refractivity contribution in [3.8, 4) is 0 Å². The number of nitrogens with one attached hydrogen (secondary N) is 1. The molecule has 0 aromatic carbocycles. The molecule has 0 saturated carbocycles. The Labute approximate surface area is 115 Å². The molecule has 3 rings (SSSR count). The van der Waals surface area contributed by atoms with Crippen LogP contribution in [0.1, 0.15) is 35.2 Å². The molecule has 1 fully saturated rings. The van der Waals surface area contributed by atoms with Gasteiger partial charge in [-0.1, -0.05) is 5.16 Å². The Morgan fingerprint density at radius 1 is 1.55 bits per heavy atom. The van der Waals surface area contributed by atoms with E-state index >= 15 is 0 Å². The highest BCUT2D eigenvalue weighted by molar-refractivity contribution is 5.92. The summed E-state index contributed by atoms with van der Waals surface area (Å²) in [7, 11) is 0. The first-order chi connectivity index (χ1) is 9.66. The minimum Gasteiger partial charge on any atom is -0.374 e. The van der Waals surface area contributed by atoms with E-state index < -0.39 is 0 Å². The number of H-pyrrole nitrogens is 1. The maximum atomic E-state index is 12.5. The van der Waals surface area contributed by atoms with Crippen LogP contribution in [0.4, 0.5) is 0 Å². The molecule has 2 atom stereocenters. The summed E-state index contributed by atoms with van der Waals surface area (Å²) in [5.41, 5.74) is 0.542. The minimum absolute atomic E-state index is 0.0917. The van der Waals surface area contributed by atoms with Gasteiger partial charge in [-0.3, -0.25) is 4.79 Å². The van der Waals surface area contributed by atoms with Crippen molar-refractivity contribution in [1.82, 2.24) is 20.0 Å². The number of aryl methyl sites for hydroxylation is 1. The first-order valence-electron chi connectivity index (χ1n) is 6.53. The summed E-state index contributed by atoms with van der Waals surface area (Å²) in [5, 5.41) is 3.80. The Morgan fingerprint density at radius 2 is 2.40 bits per heavy atom. The summed E-state index contributed by atoms with van der Waals surface area (Å²) in [5.74, 6) is 0.866. The van der Waals surface area contributed by atoms with Crippen LogP contribution in [0.3, 0.4) is 0 Å². The Kier molecular flexibility index (Phi) is 3.27. The Bertz CT molecular complexity index is 593. The summed E-state index contributed by atoms with van der Waals surface area (Å²) < 4.78 is 10.8. The van der Waals surface area contributed by atoms with Crippen LogP contribution in [0.2, 0.25) is 0 Å². The lowest BCUT2D eigenvalue weighted by Crippen LogP contribution is -2.47. The molecular weight excluding hydrogens is 260 g/mol. The highest BCUT2D eigenvalue weighted by Crippen LogP contribution is 2.29. The van der Waals surface area contributed by atoms with Crippen molar-refractivity contribution in [3.63, 3.8) is 0 Å². The average molecular weight is 276 g/mol. The number of carbonyl (C=O) groups excluding carboxylic acids is 1. The van der Waals surface area contributed by atoms with Crippen molar-refractivity contribution in [2.75, 3.05) is 13.2 Å². The number of carbonyl (C=O) groups is 1. The van der Waals surface area contributed by atoms with Gasteiger partial charge in [-0.2, -0.15) is 4.98 Å². The fourth-order valence-electron chi connectivity index (χ4n) is 2.43. The van der Waals surface area contributed by atoms with Gasteiger partial charge >= 0.3 is 0 Å². The van der Waals surface area contributed by atoms with Gasteiger partial charge in [0.15, 0.2) is 5.82 Å². The third-order valence-corrected chi connectivity index (χ3v) is 3.38. The molecule has 0 unspecified atom stereocenters. The van der Waals surface area contributed by atoms with E-state index in [1.54, 1.807) is 30.2 Å². The number of aromatic amines is 1. The van der Waals surface area contributed by atoms with Gasteiger partial charge in [0.25, 0.3) is 11.8 Å². The summed E-state index contributed by atoms with van der Waals surface area (Å²) in [6.45, 7) is 4.64. The van der Waals surface area contributed by atoms with Gasteiger partial charge in [-0.25, -0.2) is 0 Å². The van der Waals surface area contributed by atoms with Crippen molar-refractivity contribution < 1.29 is 14.1 Å². The number of hydrogen-bond donors (Lipinski definition) is 1. The molecule has 1 saturated heterocycles. The molecule has 1 amide bonds. The van der Waals surface area contributed by atoms with E-state index in [0.29, 0.717) is 30.6 Å². The Morgan fingerprint density at radius 3 is 3.05 bits per heavy atom. The van der Waals surface area contributed by atoms with Crippen molar-refractivity contribution in [1.29, 1.82) is 0 Å². The summed E-state index contributed by atoms with van der Waals surface area (Å²) in [6, 6.07) is 3.18. The van der Waals surface area contributed by atoms with E-state index in [-0.39, 0.29) is 18.1 Å². The smallest absolute Gasteiger partial charge is 0.271 e. The second kappa shape index (κ2) is 5.09. The standard InChI is InChI=1S/C13H16N4O3/c1-8-11(12-15-9(2)16-20-12)17(6-7-19-8)13(18)10-4-3-5-14-10/h3-5,8,11,14H,6-7H2,1-2H3/t8-,11+/m1/s1.